The van der Waals surface area contributed by atoms with Crippen LogP contribution in [-0.2, 0) is 19.8 Å². The van der Waals surface area contributed by atoms with Crippen molar-refractivity contribution in [2.75, 3.05) is 24.5 Å². The van der Waals surface area contributed by atoms with Crippen LogP contribution in [-0.4, -0.2) is 61.2 Å². The van der Waals surface area contributed by atoms with Crippen LogP contribution in [0.3, 0.4) is 0 Å². The van der Waals surface area contributed by atoms with E-state index in [1.807, 2.05) is 0 Å². The molecule has 1 atom stereocenters. The average Bonchev–Trinajstić information content (AvgIpc) is 3.71. The fraction of sp³-hybridized carbons (Fsp3) is 0.458. The highest BCUT2D eigenvalue weighted by Crippen LogP contribution is 2.28. The van der Waals surface area contributed by atoms with Crippen molar-refractivity contribution in [3.63, 3.8) is 0 Å². The minimum atomic E-state index is -3.85. The molecule has 1 aliphatic heterocycles. The van der Waals surface area contributed by atoms with Crippen molar-refractivity contribution >= 4 is 39.3 Å². The molecule has 12 heteroatoms. The van der Waals surface area contributed by atoms with Gasteiger partial charge in [-0.2, -0.15) is 17.4 Å². The fourth-order valence-corrected chi connectivity index (χ4v) is 5.18. The molecule has 3 rings (SSSR count). The summed E-state index contributed by atoms with van der Waals surface area (Å²) in [5.74, 6) is -2.08. The lowest BCUT2D eigenvalue weighted by Crippen LogP contribution is -2.55. The lowest BCUT2D eigenvalue weighted by Gasteiger charge is -2.34. The number of pyridine rings is 1. The number of nitrogens with one attached hydrogen (secondary N) is 2. The predicted octanol–water partition coefficient (Wildman–Crippen LogP) is 2.78. The molecule has 1 saturated heterocycles. The van der Waals surface area contributed by atoms with Gasteiger partial charge in [0, 0.05) is 30.2 Å². The van der Waals surface area contributed by atoms with Gasteiger partial charge in [0.1, 0.15) is 11.9 Å². The summed E-state index contributed by atoms with van der Waals surface area (Å²) in [6.45, 7) is 5.81. The maximum Gasteiger partial charge on any atom is 0.280 e. The molecule has 1 aliphatic carbocycles. The fourth-order valence-electron chi connectivity index (χ4n) is 3.96. The summed E-state index contributed by atoms with van der Waals surface area (Å²) in [4.78, 5) is 31.9. The molecule has 2 fully saturated rings. The summed E-state index contributed by atoms with van der Waals surface area (Å²) in [7, 11) is -3.85. The predicted molar refractivity (Wildman–Crippen MR) is 137 cm³/mol. The number of aromatic nitrogens is 1. The monoisotopic (exact) mass is 539 g/mol. The smallest absolute Gasteiger partial charge is 0.280 e. The number of amides is 2. The van der Waals surface area contributed by atoms with E-state index in [4.69, 9.17) is 11.6 Å². The number of hydrogen-bond acceptors (Lipinski definition) is 5. The molecule has 2 heterocycles. The minimum absolute atomic E-state index is 0.0358. The van der Waals surface area contributed by atoms with Crippen molar-refractivity contribution in [1.82, 2.24) is 19.3 Å². The first-order valence-corrected chi connectivity index (χ1v) is 13.6. The van der Waals surface area contributed by atoms with Gasteiger partial charge in [0.05, 0.1) is 24.6 Å². The van der Waals surface area contributed by atoms with Crippen LogP contribution in [0.2, 0.25) is 0 Å². The SMILES string of the molecule is C=C(/C(Cl)=C\C=C/C)[C@@H](C(=O)NC1CCCCC1)N(C(=O)CNS(=O)(=O)N1CC1)c1cncc(F)c1. The van der Waals surface area contributed by atoms with Gasteiger partial charge in [0.25, 0.3) is 10.2 Å². The van der Waals surface area contributed by atoms with E-state index in [-0.39, 0.29) is 22.3 Å². The highest BCUT2D eigenvalue weighted by Gasteiger charge is 2.37. The van der Waals surface area contributed by atoms with Crippen LogP contribution in [0.15, 0.2) is 53.9 Å². The van der Waals surface area contributed by atoms with Crippen molar-refractivity contribution in [3.05, 3.63) is 59.7 Å². The quantitative estimate of drug-likeness (QED) is 0.332. The Bertz CT molecular complexity index is 1150. The van der Waals surface area contributed by atoms with Gasteiger partial charge in [0.15, 0.2) is 0 Å². The van der Waals surface area contributed by atoms with Crippen LogP contribution < -0.4 is 14.9 Å². The van der Waals surface area contributed by atoms with Gasteiger partial charge in [-0.25, -0.2) is 4.39 Å². The van der Waals surface area contributed by atoms with Crippen molar-refractivity contribution in [2.24, 2.45) is 0 Å². The van der Waals surface area contributed by atoms with E-state index >= 15 is 0 Å². The summed E-state index contributed by atoms with van der Waals surface area (Å²) in [6.07, 6.45) is 11.7. The summed E-state index contributed by atoms with van der Waals surface area (Å²) in [6, 6.07) is -0.423. The molecule has 0 aromatic carbocycles. The van der Waals surface area contributed by atoms with Crippen LogP contribution in [0.5, 0.6) is 0 Å². The average molecular weight is 540 g/mol. The Balaban J connectivity index is 1.99. The highest BCUT2D eigenvalue weighted by atomic mass is 35.5. The lowest BCUT2D eigenvalue weighted by atomic mass is 9.94. The lowest BCUT2D eigenvalue weighted by molar-refractivity contribution is -0.125. The number of allylic oxidation sites excluding steroid dienone is 3. The molecule has 2 N–H and O–H groups in total. The Kier molecular flexibility index (Phi) is 9.77. The van der Waals surface area contributed by atoms with E-state index in [0.29, 0.717) is 13.1 Å². The molecule has 0 spiro atoms. The molecule has 0 bridgehead atoms. The first-order valence-electron chi connectivity index (χ1n) is 11.8. The van der Waals surface area contributed by atoms with E-state index in [2.05, 4.69) is 21.6 Å². The van der Waals surface area contributed by atoms with Gasteiger partial charge in [-0.3, -0.25) is 19.5 Å². The van der Waals surface area contributed by atoms with Crippen molar-refractivity contribution in [3.8, 4) is 0 Å². The topological polar surface area (TPSA) is 111 Å². The number of nitrogens with zero attached hydrogens (tertiary/aromatic N) is 3. The third-order valence-electron chi connectivity index (χ3n) is 5.92. The second kappa shape index (κ2) is 12.6. The van der Waals surface area contributed by atoms with Gasteiger partial charge in [-0.1, -0.05) is 49.6 Å². The first-order chi connectivity index (χ1) is 17.1. The molecule has 0 radical (unpaired) electrons. The number of hydrogen-bond donors (Lipinski definition) is 2. The molecule has 9 nitrogen and oxygen atoms in total. The molecule has 0 unspecified atom stereocenters. The van der Waals surface area contributed by atoms with Crippen molar-refractivity contribution in [1.29, 1.82) is 0 Å². The van der Waals surface area contributed by atoms with Gasteiger partial charge in [0.2, 0.25) is 11.8 Å². The maximum absolute atomic E-state index is 14.2. The van der Waals surface area contributed by atoms with Crippen LogP contribution in [0.1, 0.15) is 39.0 Å². The summed E-state index contributed by atoms with van der Waals surface area (Å²) >= 11 is 6.44. The number of carbonyl (C=O) groups is 2. The molecule has 196 valence electrons. The number of carbonyl (C=O) groups excluding carboxylic acids is 2. The summed E-state index contributed by atoms with van der Waals surface area (Å²) in [5.41, 5.74) is 0.0563. The maximum atomic E-state index is 14.2. The van der Waals surface area contributed by atoms with Crippen molar-refractivity contribution < 1.29 is 22.4 Å². The number of anilines is 1. The molecule has 2 aliphatic rings. The molecule has 2 amide bonds. The standard InChI is InChI=1S/C24H31ClFN5O4S/c1-3-4-10-21(25)17(2)23(24(33)29-19-8-6-5-7-9-19)31(20-13-18(26)14-27-15-20)22(32)16-28-36(34,35)30-11-12-30/h3-4,10,13-15,19,23,28H,2,5-9,11-12,16H2,1H3,(H,29,33)/b4-3-,21-10+/t23-/m0/s1. The number of halogens is 2. The van der Waals surface area contributed by atoms with Gasteiger partial charge in [-0.05, 0) is 31.4 Å². The molecular weight excluding hydrogens is 509 g/mol. The molecule has 1 aromatic heterocycles. The van der Waals surface area contributed by atoms with E-state index in [1.165, 1.54) is 12.3 Å². The Hall–Kier alpha value is -2.60. The first kappa shape index (κ1) is 28.0. The summed E-state index contributed by atoms with van der Waals surface area (Å²) in [5, 5.41) is 3.09. The van der Waals surface area contributed by atoms with Gasteiger partial charge in [-0.15, -0.1) is 0 Å². The zero-order valence-corrected chi connectivity index (χ0v) is 21.7. The van der Waals surface area contributed by atoms with E-state index in [1.54, 1.807) is 19.1 Å². The Morgan fingerprint density at radius 1 is 1.31 bits per heavy atom. The molecule has 1 saturated carbocycles. The van der Waals surface area contributed by atoms with E-state index < -0.39 is 40.4 Å². The second-order valence-electron chi connectivity index (χ2n) is 8.66. The molecule has 36 heavy (non-hydrogen) atoms. The third-order valence-corrected chi connectivity index (χ3v) is 7.84. The van der Waals surface area contributed by atoms with Crippen LogP contribution in [0.25, 0.3) is 0 Å². The van der Waals surface area contributed by atoms with Crippen LogP contribution >= 0.6 is 11.6 Å². The third kappa shape index (κ3) is 7.45. The molecular formula is C24H31ClFN5O4S. The van der Waals surface area contributed by atoms with Crippen molar-refractivity contribution in [2.45, 2.75) is 51.1 Å². The van der Waals surface area contributed by atoms with E-state index in [9.17, 15) is 22.4 Å². The number of rotatable bonds is 11. The van der Waals surface area contributed by atoms with Gasteiger partial charge < -0.3 is 5.32 Å². The van der Waals surface area contributed by atoms with Crippen LogP contribution in [0.4, 0.5) is 10.1 Å². The van der Waals surface area contributed by atoms with E-state index in [0.717, 1.165) is 53.6 Å². The zero-order valence-electron chi connectivity index (χ0n) is 20.1. The Morgan fingerprint density at radius 3 is 2.61 bits per heavy atom. The van der Waals surface area contributed by atoms with Gasteiger partial charge >= 0.3 is 0 Å². The molecule has 1 aromatic rings. The zero-order chi connectivity index (χ0) is 26.3. The second-order valence-corrected chi connectivity index (χ2v) is 10.8. The Morgan fingerprint density at radius 2 is 2.00 bits per heavy atom. The normalized spacial score (nSPS) is 18.1. The summed E-state index contributed by atoms with van der Waals surface area (Å²) < 4.78 is 42.1. The largest absolute Gasteiger partial charge is 0.351 e. The highest BCUT2D eigenvalue weighted by molar-refractivity contribution is 7.87. The van der Waals surface area contributed by atoms with Crippen LogP contribution in [0, 0.1) is 5.82 Å². The minimum Gasteiger partial charge on any atom is -0.351 e. The Labute approximate surface area is 216 Å².